The molecule has 29 heavy (non-hydrogen) atoms. The summed E-state index contributed by atoms with van der Waals surface area (Å²) >= 11 is 1.16. The van der Waals surface area contributed by atoms with Crippen LogP contribution in [0.1, 0.15) is 85.9 Å². The van der Waals surface area contributed by atoms with Gasteiger partial charge in [-0.2, -0.15) is 0 Å². The van der Waals surface area contributed by atoms with Gasteiger partial charge in [-0.25, -0.2) is 0 Å². The van der Waals surface area contributed by atoms with Gasteiger partial charge in [-0.1, -0.05) is 55.4 Å². The molecule has 6 nitrogen and oxygen atoms in total. The zero-order valence-corrected chi connectivity index (χ0v) is 17.8. The van der Waals surface area contributed by atoms with Crippen LogP contribution in [-0.4, -0.2) is 38.4 Å². The molecule has 0 saturated heterocycles. The van der Waals surface area contributed by atoms with Crippen LogP contribution in [0.5, 0.6) is 0 Å². The van der Waals surface area contributed by atoms with E-state index in [1.165, 1.54) is 5.56 Å². The van der Waals surface area contributed by atoms with E-state index in [1.54, 1.807) is 10.3 Å². The van der Waals surface area contributed by atoms with Gasteiger partial charge in [-0.15, -0.1) is 5.10 Å². The molecule has 0 radical (unpaired) electrons. The van der Waals surface area contributed by atoms with Crippen molar-refractivity contribution in [3.63, 3.8) is 0 Å². The summed E-state index contributed by atoms with van der Waals surface area (Å²) in [6.45, 7) is 4.29. The molecule has 4 rings (SSSR count). The fraction of sp³-hybridized carbons (Fsp3) is 0.545. The Kier molecular flexibility index (Phi) is 5.94. The third-order valence-corrected chi connectivity index (χ3v) is 6.41. The predicted octanol–water partition coefficient (Wildman–Crippen LogP) is 4.07. The molecule has 0 spiro atoms. The lowest BCUT2D eigenvalue weighted by Gasteiger charge is -2.32. The van der Waals surface area contributed by atoms with E-state index in [1.807, 2.05) is 12.1 Å². The molecule has 1 aromatic carbocycles. The quantitative estimate of drug-likeness (QED) is 0.744. The lowest BCUT2D eigenvalue weighted by molar-refractivity contribution is -0.126. The van der Waals surface area contributed by atoms with Crippen LogP contribution in [0, 0.1) is 0 Å². The van der Waals surface area contributed by atoms with Crippen molar-refractivity contribution < 1.29 is 9.59 Å². The summed E-state index contributed by atoms with van der Waals surface area (Å²) in [6.07, 6.45) is 6.15. The maximum absolute atomic E-state index is 13.4. The Balaban J connectivity index is 1.67. The molecule has 2 aliphatic carbocycles. The maximum atomic E-state index is 13.4. The van der Waals surface area contributed by atoms with Crippen molar-refractivity contribution in [3.05, 3.63) is 46.5 Å². The predicted molar refractivity (Wildman–Crippen MR) is 113 cm³/mol. The smallest absolute Gasteiger partial charge is 0.276 e. The summed E-state index contributed by atoms with van der Waals surface area (Å²) in [7, 11) is 0. The second-order valence-corrected chi connectivity index (χ2v) is 9.06. The number of aromatic nitrogens is 2. The van der Waals surface area contributed by atoms with Crippen molar-refractivity contribution in [3.8, 4) is 0 Å². The number of carbonyl (C=O) groups is 2. The third-order valence-electron chi connectivity index (χ3n) is 5.90. The molecule has 2 amide bonds. The summed E-state index contributed by atoms with van der Waals surface area (Å²) in [4.78, 5) is 28.4. The molecule has 2 aromatic rings. The van der Waals surface area contributed by atoms with Gasteiger partial charge in [0.05, 0.1) is 0 Å². The molecule has 0 unspecified atom stereocenters. The first-order chi connectivity index (χ1) is 14.0. The molecule has 154 valence electrons. The summed E-state index contributed by atoms with van der Waals surface area (Å²) in [6, 6.07) is 7.77. The highest BCUT2D eigenvalue weighted by molar-refractivity contribution is 7.03. The Morgan fingerprint density at radius 1 is 1.07 bits per heavy atom. The van der Waals surface area contributed by atoms with Gasteiger partial charge in [-0.3, -0.25) is 9.59 Å². The molecule has 1 atom stereocenters. The van der Waals surface area contributed by atoms with Gasteiger partial charge in [0.1, 0.15) is 6.04 Å². The largest absolute Gasteiger partial charge is 0.351 e. The Morgan fingerprint density at radius 3 is 2.28 bits per heavy atom. The molecular formula is C22H28N4O2S. The second-order valence-electron chi connectivity index (χ2n) is 8.45. The van der Waals surface area contributed by atoms with Crippen molar-refractivity contribution in [1.82, 2.24) is 19.8 Å². The van der Waals surface area contributed by atoms with E-state index in [-0.39, 0.29) is 23.9 Å². The lowest BCUT2D eigenvalue weighted by Crippen LogP contribution is -2.47. The van der Waals surface area contributed by atoms with E-state index in [0.717, 1.165) is 55.6 Å². The molecule has 1 N–H and O–H groups in total. The Hall–Kier alpha value is -2.28. The first kappa shape index (κ1) is 20.0. The van der Waals surface area contributed by atoms with E-state index in [9.17, 15) is 9.59 Å². The van der Waals surface area contributed by atoms with Gasteiger partial charge in [0.2, 0.25) is 5.91 Å². The van der Waals surface area contributed by atoms with Crippen molar-refractivity contribution >= 4 is 23.3 Å². The van der Waals surface area contributed by atoms with Crippen LogP contribution in [0.2, 0.25) is 0 Å². The van der Waals surface area contributed by atoms with Gasteiger partial charge in [0, 0.05) is 17.5 Å². The first-order valence-electron chi connectivity index (χ1n) is 10.5. The molecule has 0 aliphatic heterocycles. The average molecular weight is 413 g/mol. The topological polar surface area (TPSA) is 75.2 Å². The second kappa shape index (κ2) is 8.61. The summed E-state index contributed by atoms with van der Waals surface area (Å²) in [5, 5.41) is 8.84. The van der Waals surface area contributed by atoms with Crippen LogP contribution in [0.4, 0.5) is 0 Å². The minimum atomic E-state index is -0.640. The number of hydrogen-bond acceptors (Lipinski definition) is 5. The fourth-order valence-corrected chi connectivity index (χ4v) is 4.52. The zero-order chi connectivity index (χ0) is 20.4. The van der Waals surface area contributed by atoms with Gasteiger partial charge in [0.25, 0.3) is 5.91 Å². The molecule has 2 aliphatic rings. The van der Waals surface area contributed by atoms with Crippen LogP contribution in [0.25, 0.3) is 0 Å². The lowest BCUT2D eigenvalue weighted by atomic mass is 9.97. The molecule has 2 saturated carbocycles. The highest BCUT2D eigenvalue weighted by atomic mass is 32.1. The monoisotopic (exact) mass is 412 g/mol. The summed E-state index contributed by atoms with van der Waals surface area (Å²) < 4.78 is 3.84. The fourth-order valence-electron chi connectivity index (χ4n) is 4.09. The van der Waals surface area contributed by atoms with E-state index in [0.29, 0.717) is 11.6 Å². The van der Waals surface area contributed by atoms with E-state index in [4.69, 9.17) is 0 Å². The minimum absolute atomic E-state index is 0.0771. The van der Waals surface area contributed by atoms with Crippen molar-refractivity contribution in [2.24, 2.45) is 0 Å². The van der Waals surface area contributed by atoms with Crippen LogP contribution >= 0.6 is 11.5 Å². The maximum Gasteiger partial charge on any atom is 0.276 e. The standard InChI is InChI=1S/C22H28N4O2S/c1-14(2)15-7-9-16(10-8-15)20(21(27)23-17-5-3-4-6-17)26(18-11-12-18)22(28)19-13-29-25-24-19/h7-10,13-14,17-18,20H,3-6,11-12H2,1-2H3,(H,23,27)/t20-/m1/s1. The van der Waals surface area contributed by atoms with Crippen molar-refractivity contribution in [2.75, 3.05) is 0 Å². The first-order valence-corrected chi connectivity index (χ1v) is 11.4. The number of amides is 2. The van der Waals surface area contributed by atoms with Crippen LogP contribution in [0.3, 0.4) is 0 Å². The summed E-state index contributed by atoms with van der Waals surface area (Å²) in [5.41, 5.74) is 2.39. The van der Waals surface area contributed by atoms with Gasteiger partial charge >= 0.3 is 0 Å². The number of benzene rings is 1. The average Bonchev–Trinajstić information content (AvgIpc) is 3.17. The third kappa shape index (κ3) is 4.50. The normalized spacial score (nSPS) is 18.0. The van der Waals surface area contributed by atoms with Crippen LogP contribution in [-0.2, 0) is 4.79 Å². The molecule has 2 fully saturated rings. The van der Waals surface area contributed by atoms with Crippen LogP contribution < -0.4 is 5.32 Å². The highest BCUT2D eigenvalue weighted by Crippen LogP contribution is 2.36. The molecular weight excluding hydrogens is 384 g/mol. The minimum Gasteiger partial charge on any atom is -0.351 e. The van der Waals surface area contributed by atoms with Crippen molar-refractivity contribution in [2.45, 2.75) is 76.4 Å². The van der Waals surface area contributed by atoms with Gasteiger partial charge in [0.15, 0.2) is 5.69 Å². The van der Waals surface area contributed by atoms with E-state index in [2.05, 4.69) is 40.9 Å². The van der Waals surface area contributed by atoms with E-state index >= 15 is 0 Å². The van der Waals surface area contributed by atoms with Gasteiger partial charge in [-0.05, 0) is 54.3 Å². The van der Waals surface area contributed by atoms with Crippen molar-refractivity contribution in [1.29, 1.82) is 0 Å². The SMILES string of the molecule is CC(C)c1ccc([C@H](C(=O)NC2CCCC2)N(C(=O)c2csnn2)C2CC2)cc1. The Morgan fingerprint density at radius 2 is 1.72 bits per heavy atom. The molecule has 1 heterocycles. The van der Waals surface area contributed by atoms with E-state index < -0.39 is 6.04 Å². The number of carbonyl (C=O) groups excluding carboxylic acids is 2. The Bertz CT molecular complexity index is 840. The highest BCUT2D eigenvalue weighted by Gasteiger charge is 2.42. The zero-order valence-electron chi connectivity index (χ0n) is 17.0. The number of nitrogens with one attached hydrogen (secondary N) is 1. The summed E-state index contributed by atoms with van der Waals surface area (Å²) in [5.74, 6) is 0.121. The number of nitrogens with zero attached hydrogens (tertiary/aromatic N) is 3. The van der Waals surface area contributed by atoms with Gasteiger partial charge < -0.3 is 10.2 Å². The van der Waals surface area contributed by atoms with Crippen LogP contribution in [0.15, 0.2) is 29.6 Å². The number of rotatable bonds is 7. The Labute approximate surface area is 175 Å². The molecule has 0 bridgehead atoms. The molecule has 1 aromatic heterocycles. The molecule has 7 heteroatoms. The number of hydrogen-bond donors (Lipinski definition) is 1.